The van der Waals surface area contributed by atoms with Gasteiger partial charge in [-0.15, -0.1) is 56.9 Å². The number of halogens is 2. The standard InChI is InChI=1S/2C22H25O.C2H7Si.2ClH.Zr/c2*1-14-11-17-13-15(2)21(23-6)20(19(17)12-14)16-7-9-18(10-8-16)22(3,4)5;1-3-2;;;/h2*7-13H,1-6H3;3H,1-2H3;2*1H;/q2*-1;;;;+4/p-2. The van der Waals surface area contributed by atoms with Gasteiger partial charge in [-0.2, -0.15) is 12.1 Å². The van der Waals surface area contributed by atoms with Crippen molar-refractivity contribution in [1.29, 1.82) is 0 Å². The van der Waals surface area contributed by atoms with E-state index in [1.54, 1.807) is 14.2 Å². The second-order valence-electron chi connectivity index (χ2n) is 15.6. The quantitative estimate of drug-likeness (QED) is 0.130. The van der Waals surface area contributed by atoms with E-state index >= 15 is 0 Å². The first-order chi connectivity index (χ1) is 24.4. The van der Waals surface area contributed by atoms with Crippen LogP contribution in [0.2, 0.25) is 13.1 Å². The fraction of sp³-hybridized carbons (Fsp3) is 0.348. The van der Waals surface area contributed by atoms with E-state index in [1.165, 1.54) is 77.2 Å². The summed E-state index contributed by atoms with van der Waals surface area (Å²) in [6, 6.07) is 31.3. The zero-order valence-corrected chi connectivity index (χ0v) is 38.9. The van der Waals surface area contributed by atoms with Crippen LogP contribution in [0.15, 0.2) is 84.9 Å². The van der Waals surface area contributed by atoms with Crippen molar-refractivity contribution in [3.05, 3.63) is 118 Å². The molecule has 0 aliphatic carbocycles. The van der Waals surface area contributed by atoms with Crippen LogP contribution in [0.3, 0.4) is 0 Å². The Morgan fingerprint density at radius 1 is 0.558 bits per heavy atom. The average molecular weight is 832 g/mol. The molecule has 0 aliphatic rings. The van der Waals surface area contributed by atoms with Crippen molar-refractivity contribution < 1.29 is 30.3 Å². The van der Waals surface area contributed by atoms with Crippen molar-refractivity contribution in [3.63, 3.8) is 0 Å². The molecule has 0 spiro atoms. The van der Waals surface area contributed by atoms with Gasteiger partial charge >= 0.3 is 37.9 Å². The molecule has 275 valence electrons. The summed E-state index contributed by atoms with van der Waals surface area (Å²) in [6.45, 7) is 26.4. The number of rotatable bonds is 4. The Labute approximate surface area is 335 Å². The molecular weight excluding hydrogens is 775 g/mol. The molecule has 0 heterocycles. The van der Waals surface area contributed by atoms with Crippen molar-refractivity contribution >= 4 is 48.1 Å². The Bertz CT molecular complexity index is 1890. The molecule has 0 atom stereocenters. The van der Waals surface area contributed by atoms with Crippen molar-refractivity contribution in [2.24, 2.45) is 0 Å². The molecule has 6 aromatic rings. The van der Waals surface area contributed by atoms with Crippen LogP contribution in [-0.2, 0) is 31.7 Å². The first kappa shape index (κ1) is 43.8. The van der Waals surface area contributed by atoms with Gasteiger partial charge in [0.15, 0.2) is 0 Å². The molecule has 2 nitrogen and oxygen atoms in total. The minimum absolute atomic E-state index is 0.168. The third-order valence-electron chi connectivity index (χ3n) is 9.07. The number of aryl methyl sites for hydroxylation is 4. The third-order valence-corrected chi connectivity index (χ3v) is 9.07. The molecule has 0 unspecified atom stereocenters. The average Bonchev–Trinajstić information content (AvgIpc) is 3.63. The van der Waals surface area contributed by atoms with Gasteiger partial charge in [-0.3, -0.25) is 0 Å². The molecule has 52 heavy (non-hydrogen) atoms. The van der Waals surface area contributed by atoms with Gasteiger partial charge in [-0.1, -0.05) is 128 Å². The second-order valence-corrected chi connectivity index (χ2v) is 20.5. The Kier molecular flexibility index (Phi) is 16.1. The second kappa shape index (κ2) is 19.1. The van der Waals surface area contributed by atoms with Crippen LogP contribution in [0.4, 0.5) is 0 Å². The van der Waals surface area contributed by atoms with Crippen molar-refractivity contribution in [2.75, 3.05) is 14.2 Å². The van der Waals surface area contributed by atoms with Crippen LogP contribution < -0.4 is 9.47 Å². The minimum atomic E-state index is -0.826. The zero-order chi connectivity index (χ0) is 39.0. The Morgan fingerprint density at radius 2 is 0.846 bits per heavy atom. The first-order valence-corrected chi connectivity index (χ1v) is 26.5. The van der Waals surface area contributed by atoms with Gasteiger partial charge in [0.05, 0.1) is 14.2 Å². The molecule has 0 amide bonds. The molecule has 6 heteroatoms. The van der Waals surface area contributed by atoms with E-state index in [0.29, 0.717) is 0 Å². The summed E-state index contributed by atoms with van der Waals surface area (Å²) in [5.74, 6) is 1.96. The number of benzene rings is 4. The molecule has 0 saturated carbocycles. The molecule has 0 aromatic heterocycles. The summed E-state index contributed by atoms with van der Waals surface area (Å²) >= 11 is -0.826. The van der Waals surface area contributed by atoms with Gasteiger partial charge in [-0.05, 0) is 58.1 Å². The van der Waals surface area contributed by atoms with Gasteiger partial charge in [0.2, 0.25) is 0 Å². The van der Waals surface area contributed by atoms with Crippen molar-refractivity contribution in [3.8, 4) is 33.8 Å². The third kappa shape index (κ3) is 10.7. The van der Waals surface area contributed by atoms with E-state index in [4.69, 9.17) is 26.5 Å². The summed E-state index contributed by atoms with van der Waals surface area (Å²) in [7, 11) is 14.1. The van der Waals surface area contributed by atoms with E-state index in [2.05, 4.69) is 167 Å². The Hall–Kier alpha value is -2.62. The van der Waals surface area contributed by atoms with E-state index in [-0.39, 0.29) is 10.8 Å². The number of ether oxygens (including phenoxy) is 2. The molecule has 6 rings (SSSR count). The molecule has 0 aliphatic heterocycles. The first-order valence-electron chi connectivity index (χ1n) is 17.9. The summed E-state index contributed by atoms with van der Waals surface area (Å²) in [5.41, 5.74) is 12.8. The van der Waals surface area contributed by atoms with Gasteiger partial charge in [0.1, 0.15) is 11.5 Å². The van der Waals surface area contributed by atoms with Crippen LogP contribution in [0.1, 0.15) is 74.9 Å². The maximum absolute atomic E-state index is 5.75. The Balaban J connectivity index is 0.000000244. The maximum atomic E-state index is 5.75. The number of methoxy groups -OCH3 is 2. The monoisotopic (exact) mass is 829 g/mol. The molecule has 0 fully saturated rings. The summed E-state index contributed by atoms with van der Waals surface area (Å²) in [5, 5.41) is 5.12. The normalized spacial score (nSPS) is 11.1. The zero-order valence-electron chi connectivity index (χ0n) is 33.7. The molecular formula is C46H57Cl2O2SiZr. The van der Waals surface area contributed by atoms with Crippen molar-refractivity contribution in [2.45, 2.75) is 93.2 Å². The molecule has 0 saturated heterocycles. The van der Waals surface area contributed by atoms with Crippen LogP contribution in [0.5, 0.6) is 11.5 Å². The predicted molar refractivity (Wildman–Crippen MR) is 230 cm³/mol. The molecule has 1 radical (unpaired) electrons. The van der Waals surface area contributed by atoms with E-state index in [9.17, 15) is 0 Å². The van der Waals surface area contributed by atoms with E-state index in [0.717, 1.165) is 21.0 Å². The SMILES string of the molecule is COc1c(C)cc2[cH-]c(C)cc2c1-c1ccc(C(C)(C)C)cc1.COc1c(C)cc2[cH-]c(C)cc2c1-c1ccc(C(C)(C)C)cc1.C[SiH]C.[Cl][Zr+2][Cl]. The van der Waals surface area contributed by atoms with Crippen molar-refractivity contribution in [1.82, 2.24) is 0 Å². The van der Waals surface area contributed by atoms with Gasteiger partial charge in [-0.25, -0.2) is 0 Å². The predicted octanol–water partition coefficient (Wildman–Crippen LogP) is 14.2. The van der Waals surface area contributed by atoms with Gasteiger partial charge in [0.25, 0.3) is 0 Å². The number of hydrogen-bond donors (Lipinski definition) is 0. The Morgan fingerprint density at radius 3 is 1.10 bits per heavy atom. The molecule has 0 N–H and O–H groups in total. The van der Waals surface area contributed by atoms with E-state index in [1.807, 2.05) is 0 Å². The summed E-state index contributed by atoms with van der Waals surface area (Å²) in [4.78, 5) is 0. The van der Waals surface area contributed by atoms with Gasteiger partial charge in [0, 0.05) is 9.52 Å². The number of hydrogen-bond acceptors (Lipinski definition) is 2. The molecule has 0 bridgehead atoms. The van der Waals surface area contributed by atoms with Crippen LogP contribution in [0.25, 0.3) is 43.8 Å². The fourth-order valence-corrected chi connectivity index (χ4v) is 6.63. The number of fused-ring (bicyclic) bond motifs is 2. The topological polar surface area (TPSA) is 18.5 Å². The fourth-order valence-electron chi connectivity index (χ4n) is 6.63. The molecule has 6 aromatic carbocycles. The summed E-state index contributed by atoms with van der Waals surface area (Å²) < 4.78 is 11.5. The summed E-state index contributed by atoms with van der Waals surface area (Å²) in [6.07, 6.45) is 0. The van der Waals surface area contributed by atoms with Crippen LogP contribution in [0, 0.1) is 27.7 Å². The van der Waals surface area contributed by atoms with Gasteiger partial charge < -0.3 is 9.47 Å². The van der Waals surface area contributed by atoms with Crippen LogP contribution in [-0.4, -0.2) is 23.7 Å². The van der Waals surface area contributed by atoms with E-state index < -0.39 is 20.8 Å². The van der Waals surface area contributed by atoms with Crippen LogP contribution >= 0.6 is 17.0 Å².